The van der Waals surface area contributed by atoms with Crippen LogP contribution in [0.15, 0.2) is 23.1 Å². The average Bonchev–Trinajstić information content (AvgIpc) is 2.25. The summed E-state index contributed by atoms with van der Waals surface area (Å²) in [6, 6.07) is 4.29. The highest BCUT2D eigenvalue weighted by Gasteiger charge is 2.17. The third-order valence-corrected chi connectivity index (χ3v) is 3.65. The van der Waals surface area contributed by atoms with Gasteiger partial charge < -0.3 is 4.90 Å². The van der Waals surface area contributed by atoms with E-state index in [2.05, 4.69) is 0 Å². The van der Waals surface area contributed by atoms with Gasteiger partial charge in [0.15, 0.2) is 0 Å². The standard InChI is InChI=1S/C13H20N2O3S/c1-9(2)8-15(4)13(16)12-6-5-11(7-10(12)3)19(14,17)18/h5-7,9H,8H2,1-4H3,(H2,14,17,18). The molecule has 0 aliphatic heterocycles. The van der Waals surface area contributed by atoms with Crippen LogP contribution in [0.5, 0.6) is 0 Å². The first kappa shape index (κ1) is 15.7. The highest BCUT2D eigenvalue weighted by Crippen LogP contribution is 2.16. The lowest BCUT2D eigenvalue weighted by molar-refractivity contribution is 0.0778. The Morgan fingerprint density at radius 1 is 1.37 bits per heavy atom. The van der Waals surface area contributed by atoms with Crippen molar-refractivity contribution in [3.05, 3.63) is 29.3 Å². The molecule has 5 nitrogen and oxygen atoms in total. The Balaban J connectivity index is 3.07. The molecule has 0 heterocycles. The van der Waals surface area contributed by atoms with E-state index in [1.807, 2.05) is 13.8 Å². The second-order valence-electron chi connectivity index (χ2n) is 5.10. The number of aryl methyl sites for hydroxylation is 1. The summed E-state index contributed by atoms with van der Waals surface area (Å²) >= 11 is 0. The molecular weight excluding hydrogens is 264 g/mol. The highest BCUT2D eigenvalue weighted by molar-refractivity contribution is 7.89. The molecule has 0 aliphatic rings. The van der Waals surface area contributed by atoms with Gasteiger partial charge in [-0.15, -0.1) is 0 Å². The van der Waals surface area contributed by atoms with Gasteiger partial charge in [0.05, 0.1) is 4.90 Å². The quantitative estimate of drug-likeness (QED) is 0.906. The zero-order valence-corrected chi connectivity index (χ0v) is 12.5. The van der Waals surface area contributed by atoms with Crippen LogP contribution in [0.25, 0.3) is 0 Å². The van der Waals surface area contributed by atoms with E-state index in [0.29, 0.717) is 23.6 Å². The zero-order valence-electron chi connectivity index (χ0n) is 11.7. The van der Waals surface area contributed by atoms with Crippen LogP contribution in [0.1, 0.15) is 29.8 Å². The smallest absolute Gasteiger partial charge is 0.253 e. The van der Waals surface area contributed by atoms with Crippen LogP contribution in [0.4, 0.5) is 0 Å². The van der Waals surface area contributed by atoms with E-state index in [-0.39, 0.29) is 10.8 Å². The number of carbonyl (C=O) groups excluding carboxylic acids is 1. The first-order chi connectivity index (χ1) is 8.62. The van der Waals surface area contributed by atoms with E-state index >= 15 is 0 Å². The SMILES string of the molecule is Cc1cc(S(N)(=O)=O)ccc1C(=O)N(C)CC(C)C. The molecule has 0 saturated heterocycles. The summed E-state index contributed by atoms with van der Waals surface area (Å²) in [6.07, 6.45) is 0. The Hall–Kier alpha value is -1.40. The zero-order chi connectivity index (χ0) is 14.8. The number of nitrogens with zero attached hydrogens (tertiary/aromatic N) is 1. The molecule has 106 valence electrons. The lowest BCUT2D eigenvalue weighted by Crippen LogP contribution is -2.30. The number of nitrogens with two attached hydrogens (primary N) is 1. The van der Waals surface area contributed by atoms with Crippen molar-refractivity contribution in [2.24, 2.45) is 11.1 Å². The molecule has 0 fully saturated rings. The minimum Gasteiger partial charge on any atom is -0.341 e. The Morgan fingerprint density at radius 3 is 2.37 bits per heavy atom. The van der Waals surface area contributed by atoms with Crippen LogP contribution in [-0.2, 0) is 10.0 Å². The predicted molar refractivity (Wildman–Crippen MR) is 74.4 cm³/mol. The van der Waals surface area contributed by atoms with Gasteiger partial charge in [-0.25, -0.2) is 13.6 Å². The van der Waals surface area contributed by atoms with Gasteiger partial charge in [-0.3, -0.25) is 4.79 Å². The predicted octanol–water partition coefficient (Wildman–Crippen LogP) is 1.37. The van der Waals surface area contributed by atoms with Gasteiger partial charge in [0.1, 0.15) is 0 Å². The largest absolute Gasteiger partial charge is 0.341 e. The third kappa shape index (κ3) is 4.04. The monoisotopic (exact) mass is 284 g/mol. The lowest BCUT2D eigenvalue weighted by atomic mass is 10.1. The summed E-state index contributed by atoms with van der Waals surface area (Å²) in [5.41, 5.74) is 1.10. The number of primary sulfonamides is 1. The summed E-state index contributed by atoms with van der Waals surface area (Å²) in [7, 11) is -2.00. The summed E-state index contributed by atoms with van der Waals surface area (Å²) in [6.45, 7) is 6.40. The van der Waals surface area contributed by atoms with E-state index in [1.165, 1.54) is 18.2 Å². The van der Waals surface area contributed by atoms with E-state index in [1.54, 1.807) is 18.9 Å². The van der Waals surface area contributed by atoms with Crippen LogP contribution < -0.4 is 5.14 Å². The molecule has 1 rings (SSSR count). The Bertz CT molecular complexity index is 580. The second kappa shape index (κ2) is 5.71. The molecule has 0 unspecified atom stereocenters. The Labute approximate surface area is 114 Å². The molecule has 0 atom stereocenters. The maximum Gasteiger partial charge on any atom is 0.253 e. The second-order valence-corrected chi connectivity index (χ2v) is 6.66. The number of amides is 1. The van der Waals surface area contributed by atoms with Crippen LogP contribution in [-0.4, -0.2) is 32.8 Å². The molecule has 19 heavy (non-hydrogen) atoms. The van der Waals surface area contributed by atoms with Crippen LogP contribution in [0.3, 0.4) is 0 Å². The minimum atomic E-state index is -3.73. The van der Waals surface area contributed by atoms with Gasteiger partial charge in [0.25, 0.3) is 5.91 Å². The number of benzene rings is 1. The van der Waals surface area contributed by atoms with Crippen LogP contribution in [0.2, 0.25) is 0 Å². The van der Waals surface area contributed by atoms with Crippen molar-refractivity contribution in [2.45, 2.75) is 25.7 Å². The number of carbonyl (C=O) groups is 1. The fraction of sp³-hybridized carbons (Fsp3) is 0.462. The van der Waals surface area contributed by atoms with E-state index in [9.17, 15) is 13.2 Å². The van der Waals surface area contributed by atoms with E-state index in [0.717, 1.165) is 0 Å². The van der Waals surface area contributed by atoms with E-state index < -0.39 is 10.0 Å². The Morgan fingerprint density at radius 2 is 1.95 bits per heavy atom. The first-order valence-electron chi connectivity index (χ1n) is 6.02. The fourth-order valence-corrected chi connectivity index (χ4v) is 2.49. The molecule has 1 aromatic rings. The maximum absolute atomic E-state index is 12.2. The van der Waals surface area contributed by atoms with Crippen molar-refractivity contribution in [2.75, 3.05) is 13.6 Å². The van der Waals surface area contributed by atoms with Gasteiger partial charge in [0.2, 0.25) is 10.0 Å². The normalized spacial score (nSPS) is 11.7. The van der Waals surface area contributed by atoms with Crippen molar-refractivity contribution in [1.82, 2.24) is 4.90 Å². The van der Waals surface area contributed by atoms with Gasteiger partial charge in [0, 0.05) is 19.2 Å². The van der Waals surface area contributed by atoms with Crippen molar-refractivity contribution in [1.29, 1.82) is 0 Å². The van der Waals surface area contributed by atoms with E-state index in [4.69, 9.17) is 5.14 Å². The number of rotatable bonds is 4. The molecule has 0 aromatic heterocycles. The van der Waals surface area contributed by atoms with Crippen LogP contribution in [0, 0.1) is 12.8 Å². The molecule has 2 N–H and O–H groups in total. The number of hydrogen-bond acceptors (Lipinski definition) is 3. The van der Waals surface area contributed by atoms with Crippen molar-refractivity contribution in [3.63, 3.8) is 0 Å². The molecule has 0 bridgehead atoms. The molecule has 0 radical (unpaired) electrons. The van der Waals surface area contributed by atoms with Gasteiger partial charge in [-0.05, 0) is 36.6 Å². The molecule has 0 aliphatic carbocycles. The van der Waals surface area contributed by atoms with Gasteiger partial charge in [-0.1, -0.05) is 13.8 Å². The topological polar surface area (TPSA) is 80.5 Å². The van der Waals surface area contributed by atoms with Crippen LogP contribution >= 0.6 is 0 Å². The molecular formula is C13H20N2O3S. The minimum absolute atomic E-state index is 0.0214. The summed E-state index contributed by atoms with van der Waals surface area (Å²) < 4.78 is 22.5. The van der Waals surface area contributed by atoms with Gasteiger partial charge >= 0.3 is 0 Å². The van der Waals surface area contributed by atoms with Crippen molar-refractivity contribution < 1.29 is 13.2 Å². The number of sulfonamides is 1. The number of hydrogen-bond donors (Lipinski definition) is 1. The average molecular weight is 284 g/mol. The molecule has 0 spiro atoms. The maximum atomic E-state index is 12.2. The highest BCUT2D eigenvalue weighted by atomic mass is 32.2. The lowest BCUT2D eigenvalue weighted by Gasteiger charge is -2.20. The molecule has 1 amide bonds. The third-order valence-electron chi connectivity index (χ3n) is 2.74. The van der Waals surface area contributed by atoms with Crippen molar-refractivity contribution in [3.8, 4) is 0 Å². The molecule has 1 aromatic carbocycles. The molecule has 0 saturated carbocycles. The van der Waals surface area contributed by atoms with Crippen molar-refractivity contribution >= 4 is 15.9 Å². The Kier molecular flexibility index (Phi) is 4.70. The summed E-state index contributed by atoms with van der Waals surface area (Å²) in [4.78, 5) is 13.9. The fourth-order valence-electron chi connectivity index (χ4n) is 1.89. The van der Waals surface area contributed by atoms with Gasteiger partial charge in [-0.2, -0.15) is 0 Å². The summed E-state index contributed by atoms with van der Waals surface area (Å²) in [5.74, 6) is 0.255. The molecule has 6 heteroatoms. The first-order valence-corrected chi connectivity index (χ1v) is 7.56. The summed E-state index contributed by atoms with van der Waals surface area (Å²) in [5, 5.41) is 5.05.